The van der Waals surface area contributed by atoms with Gasteiger partial charge in [-0.1, -0.05) is 42.3 Å². The van der Waals surface area contributed by atoms with Crippen LogP contribution in [-0.4, -0.2) is 20.2 Å². The van der Waals surface area contributed by atoms with E-state index in [0.717, 1.165) is 43.1 Å². The van der Waals surface area contributed by atoms with Gasteiger partial charge in [0.05, 0.1) is 11.2 Å². The van der Waals surface area contributed by atoms with Crippen molar-refractivity contribution in [2.24, 2.45) is 5.92 Å². The van der Waals surface area contributed by atoms with E-state index in [4.69, 9.17) is 0 Å². The highest BCUT2D eigenvalue weighted by atomic mass is 15.6. The highest BCUT2D eigenvalue weighted by Crippen LogP contribution is 2.42. The molecule has 4 rings (SSSR count). The molecule has 3 aromatic rings. The number of hydrogen-bond acceptors (Lipinski definition) is 4. The minimum Gasteiger partial charge on any atom is -0.372 e. The fourth-order valence-corrected chi connectivity index (χ4v) is 4.56. The predicted molar refractivity (Wildman–Crippen MR) is 117 cm³/mol. The smallest absolute Gasteiger partial charge is 0.181 e. The minimum atomic E-state index is -0.270. The molecule has 0 atom stereocenters. The van der Waals surface area contributed by atoms with Crippen molar-refractivity contribution < 1.29 is 0 Å². The molecule has 5 heteroatoms. The molecule has 1 heterocycles. The highest BCUT2D eigenvalue weighted by Gasteiger charge is 2.41. The Morgan fingerprint density at radius 3 is 2.24 bits per heavy atom. The molecule has 0 bridgehead atoms. The Morgan fingerprint density at radius 2 is 1.59 bits per heavy atom. The van der Waals surface area contributed by atoms with Crippen LogP contribution in [0.25, 0.3) is 5.69 Å². The first-order valence-electron chi connectivity index (χ1n) is 10.6. The molecule has 0 amide bonds. The maximum absolute atomic E-state index is 4.56. The van der Waals surface area contributed by atoms with Crippen molar-refractivity contribution in [2.75, 3.05) is 5.32 Å². The van der Waals surface area contributed by atoms with Gasteiger partial charge in [0, 0.05) is 5.69 Å². The number of aromatic nitrogens is 4. The minimum absolute atomic E-state index is 0.270. The van der Waals surface area contributed by atoms with Crippen LogP contribution in [-0.2, 0) is 5.54 Å². The Balaban J connectivity index is 1.80. The number of hydrogen-bond donors (Lipinski definition) is 1. The second-order valence-electron chi connectivity index (χ2n) is 8.91. The largest absolute Gasteiger partial charge is 0.372 e. The van der Waals surface area contributed by atoms with Crippen LogP contribution in [0.5, 0.6) is 0 Å². The Kier molecular flexibility index (Phi) is 5.15. The molecule has 29 heavy (non-hydrogen) atoms. The first-order chi connectivity index (χ1) is 13.9. The van der Waals surface area contributed by atoms with Crippen LogP contribution >= 0.6 is 0 Å². The highest BCUT2D eigenvalue weighted by molar-refractivity contribution is 5.55. The Bertz CT molecular complexity index is 1010. The Hall–Kier alpha value is -2.69. The van der Waals surface area contributed by atoms with Gasteiger partial charge in [-0.15, -0.1) is 5.10 Å². The number of rotatable bonds is 4. The van der Waals surface area contributed by atoms with Gasteiger partial charge in [-0.3, -0.25) is 0 Å². The topological polar surface area (TPSA) is 55.6 Å². The molecule has 1 aliphatic rings. The van der Waals surface area contributed by atoms with E-state index >= 15 is 0 Å². The van der Waals surface area contributed by atoms with Crippen molar-refractivity contribution in [1.82, 2.24) is 20.2 Å². The summed E-state index contributed by atoms with van der Waals surface area (Å²) in [4.78, 5) is 0. The van der Waals surface area contributed by atoms with Gasteiger partial charge >= 0.3 is 0 Å². The summed E-state index contributed by atoms with van der Waals surface area (Å²) < 4.78 is 1.95. The molecule has 0 spiro atoms. The first kappa shape index (κ1) is 19.6. The lowest BCUT2D eigenvalue weighted by Crippen LogP contribution is -2.41. The van der Waals surface area contributed by atoms with Crippen LogP contribution in [0.2, 0.25) is 0 Å². The zero-order valence-electron chi connectivity index (χ0n) is 18.2. The molecule has 1 N–H and O–H groups in total. The summed E-state index contributed by atoms with van der Waals surface area (Å²) in [6.07, 6.45) is 4.37. The number of benzene rings is 2. The molecule has 2 aromatic carbocycles. The number of nitrogens with one attached hydrogen (secondary N) is 1. The molecular weight excluding hydrogens is 358 g/mol. The molecule has 1 saturated carbocycles. The number of nitrogens with zero attached hydrogens (tertiary/aromatic N) is 4. The lowest BCUT2D eigenvalue weighted by atomic mass is 9.76. The van der Waals surface area contributed by atoms with Crippen LogP contribution in [0.3, 0.4) is 0 Å². The normalized spacial score (nSPS) is 21.9. The van der Waals surface area contributed by atoms with Gasteiger partial charge < -0.3 is 5.32 Å². The zero-order valence-corrected chi connectivity index (χ0v) is 18.2. The monoisotopic (exact) mass is 389 g/mol. The van der Waals surface area contributed by atoms with Gasteiger partial charge in [-0.2, -0.15) is 4.68 Å². The molecule has 0 aliphatic heterocycles. The summed E-state index contributed by atoms with van der Waals surface area (Å²) in [5.41, 5.74) is 6.91. The van der Waals surface area contributed by atoms with Crippen molar-refractivity contribution in [3.63, 3.8) is 0 Å². The van der Waals surface area contributed by atoms with Crippen molar-refractivity contribution in [3.8, 4) is 5.69 Å². The first-order valence-corrected chi connectivity index (χ1v) is 10.6. The fraction of sp³-hybridized carbons (Fsp3) is 0.458. The molecule has 152 valence electrons. The molecule has 1 aliphatic carbocycles. The quantitative estimate of drug-likeness (QED) is 0.648. The van der Waals surface area contributed by atoms with E-state index in [2.05, 4.69) is 91.9 Å². The third kappa shape index (κ3) is 3.78. The third-order valence-corrected chi connectivity index (χ3v) is 6.36. The summed E-state index contributed by atoms with van der Waals surface area (Å²) in [6.45, 7) is 10.9. The molecule has 1 fully saturated rings. The van der Waals surface area contributed by atoms with Crippen molar-refractivity contribution >= 4 is 5.69 Å². The van der Waals surface area contributed by atoms with Gasteiger partial charge in [-0.05, 0) is 93.0 Å². The fourth-order valence-electron chi connectivity index (χ4n) is 4.56. The van der Waals surface area contributed by atoms with Crippen molar-refractivity contribution in [2.45, 2.75) is 65.8 Å². The number of tetrazole rings is 1. The predicted octanol–water partition coefficient (Wildman–Crippen LogP) is 5.41. The maximum atomic E-state index is 4.56. The van der Waals surface area contributed by atoms with Gasteiger partial charge in [0.25, 0.3) is 0 Å². The van der Waals surface area contributed by atoms with E-state index < -0.39 is 0 Å². The molecular formula is C24H31N5. The lowest BCUT2D eigenvalue weighted by Gasteiger charge is -2.40. The van der Waals surface area contributed by atoms with Crippen molar-refractivity contribution in [3.05, 3.63) is 64.5 Å². The second kappa shape index (κ2) is 7.62. The summed E-state index contributed by atoms with van der Waals surface area (Å²) >= 11 is 0. The molecule has 0 unspecified atom stereocenters. The number of aryl methyl sites for hydroxylation is 4. The lowest BCUT2D eigenvalue weighted by molar-refractivity contribution is 0.255. The summed E-state index contributed by atoms with van der Waals surface area (Å²) in [5.74, 6) is 1.64. The van der Waals surface area contributed by atoms with E-state index in [1.807, 2.05) is 4.68 Å². The van der Waals surface area contributed by atoms with Crippen LogP contribution in [0.15, 0.2) is 36.4 Å². The van der Waals surface area contributed by atoms with Gasteiger partial charge in [0.1, 0.15) is 0 Å². The van der Waals surface area contributed by atoms with Crippen LogP contribution in [0.4, 0.5) is 5.69 Å². The van der Waals surface area contributed by atoms with E-state index in [1.54, 1.807) is 0 Å². The zero-order chi connectivity index (χ0) is 20.6. The third-order valence-electron chi connectivity index (χ3n) is 6.36. The molecule has 5 nitrogen and oxygen atoms in total. The Morgan fingerprint density at radius 1 is 0.931 bits per heavy atom. The Labute approximate surface area is 173 Å². The average molecular weight is 390 g/mol. The standard InChI is InChI=1S/C24H31N5/c1-16-10-12-24(13-11-16,25-21-8-6-17(2)14-19(21)4)23-26-27-28-29(23)22-9-7-18(3)15-20(22)5/h6-9,14-16,25H,10-13H2,1-5H3. The van der Waals surface area contributed by atoms with Crippen LogP contribution < -0.4 is 5.32 Å². The summed E-state index contributed by atoms with van der Waals surface area (Å²) in [5, 5.41) is 17.0. The van der Waals surface area contributed by atoms with Crippen LogP contribution in [0, 0.1) is 33.6 Å². The van der Waals surface area contributed by atoms with Crippen molar-refractivity contribution in [1.29, 1.82) is 0 Å². The summed E-state index contributed by atoms with van der Waals surface area (Å²) in [7, 11) is 0. The maximum Gasteiger partial charge on any atom is 0.181 e. The van der Waals surface area contributed by atoms with E-state index in [9.17, 15) is 0 Å². The van der Waals surface area contributed by atoms with Gasteiger partial charge in [0.2, 0.25) is 0 Å². The van der Waals surface area contributed by atoms with E-state index in [-0.39, 0.29) is 5.54 Å². The molecule has 0 radical (unpaired) electrons. The SMILES string of the molecule is Cc1ccc(NC2(c3nnnn3-c3ccc(C)cc3C)CCC(C)CC2)c(C)c1. The van der Waals surface area contributed by atoms with Gasteiger partial charge in [0.15, 0.2) is 5.82 Å². The van der Waals surface area contributed by atoms with Gasteiger partial charge in [-0.25, -0.2) is 0 Å². The van der Waals surface area contributed by atoms with Crippen LogP contribution in [0.1, 0.15) is 60.7 Å². The second-order valence-corrected chi connectivity index (χ2v) is 8.91. The number of anilines is 1. The molecule has 0 saturated heterocycles. The average Bonchev–Trinajstić information content (AvgIpc) is 3.16. The molecule has 1 aromatic heterocycles. The van der Waals surface area contributed by atoms with E-state index in [0.29, 0.717) is 0 Å². The summed E-state index contributed by atoms with van der Waals surface area (Å²) in [6, 6.07) is 13.0. The van der Waals surface area contributed by atoms with E-state index in [1.165, 1.54) is 27.9 Å².